The van der Waals surface area contributed by atoms with Gasteiger partial charge in [-0.05, 0) is 43.7 Å². The van der Waals surface area contributed by atoms with Crippen molar-refractivity contribution in [3.63, 3.8) is 0 Å². The van der Waals surface area contributed by atoms with Crippen LogP contribution in [0.15, 0.2) is 53.4 Å². The number of aryl methyl sites for hydroxylation is 1. The van der Waals surface area contributed by atoms with Crippen LogP contribution < -0.4 is 10.0 Å². The summed E-state index contributed by atoms with van der Waals surface area (Å²) in [6.07, 6.45) is 0. The van der Waals surface area contributed by atoms with E-state index in [2.05, 4.69) is 10.0 Å². The maximum absolute atomic E-state index is 12.2. The number of sulfonamides is 1. The Morgan fingerprint density at radius 2 is 1.78 bits per heavy atom. The van der Waals surface area contributed by atoms with E-state index in [0.29, 0.717) is 10.7 Å². The monoisotopic (exact) mass is 352 g/mol. The molecule has 23 heavy (non-hydrogen) atoms. The number of carbonyl (C=O) groups excluding carboxylic acids is 1. The highest BCUT2D eigenvalue weighted by Crippen LogP contribution is 2.22. The van der Waals surface area contributed by atoms with Gasteiger partial charge in [-0.3, -0.25) is 4.79 Å². The van der Waals surface area contributed by atoms with Crippen LogP contribution in [0, 0.1) is 6.92 Å². The molecule has 122 valence electrons. The molecule has 1 amide bonds. The second-order valence-corrected chi connectivity index (χ2v) is 7.25. The van der Waals surface area contributed by atoms with Gasteiger partial charge in [-0.2, -0.15) is 4.72 Å². The molecule has 0 saturated heterocycles. The fourth-order valence-electron chi connectivity index (χ4n) is 1.92. The van der Waals surface area contributed by atoms with Crippen LogP contribution in [0.4, 0.5) is 5.69 Å². The predicted octanol–water partition coefficient (Wildman–Crippen LogP) is 2.95. The molecule has 0 fully saturated rings. The fraction of sp³-hybridized carbons (Fsp3) is 0.188. The fourth-order valence-corrected chi connectivity index (χ4v) is 3.42. The van der Waals surface area contributed by atoms with Gasteiger partial charge in [0.1, 0.15) is 0 Å². The minimum absolute atomic E-state index is 0.105. The Balaban J connectivity index is 2.08. The molecule has 2 N–H and O–H groups in total. The van der Waals surface area contributed by atoms with Gasteiger partial charge in [0, 0.05) is 0 Å². The van der Waals surface area contributed by atoms with Crippen LogP contribution in [0.3, 0.4) is 0 Å². The zero-order valence-electron chi connectivity index (χ0n) is 12.7. The summed E-state index contributed by atoms with van der Waals surface area (Å²) in [6.45, 7) is 3.35. The molecule has 0 saturated carbocycles. The lowest BCUT2D eigenvalue weighted by Crippen LogP contribution is -2.41. The largest absolute Gasteiger partial charge is 0.323 e. The summed E-state index contributed by atoms with van der Waals surface area (Å²) in [5.41, 5.74) is 1.40. The van der Waals surface area contributed by atoms with Gasteiger partial charge in [-0.15, -0.1) is 0 Å². The third-order valence-corrected chi connectivity index (χ3v) is 5.03. The molecule has 0 aliphatic carbocycles. The summed E-state index contributed by atoms with van der Waals surface area (Å²) in [5.74, 6) is -0.491. The SMILES string of the molecule is Cc1ccc(NC(=O)C(C)NS(=O)(=O)c2ccccc2)c(Cl)c1. The molecule has 0 bridgehead atoms. The zero-order valence-corrected chi connectivity index (χ0v) is 14.3. The van der Waals surface area contributed by atoms with Crippen molar-refractivity contribution in [2.45, 2.75) is 24.8 Å². The van der Waals surface area contributed by atoms with Gasteiger partial charge in [0.2, 0.25) is 15.9 Å². The number of halogens is 1. The van der Waals surface area contributed by atoms with Gasteiger partial charge in [0.05, 0.1) is 21.6 Å². The third kappa shape index (κ3) is 4.54. The van der Waals surface area contributed by atoms with Crippen LogP contribution >= 0.6 is 11.6 Å². The predicted molar refractivity (Wildman–Crippen MR) is 91.0 cm³/mol. The summed E-state index contributed by atoms with van der Waals surface area (Å²) < 4.78 is 26.7. The van der Waals surface area contributed by atoms with Crippen molar-refractivity contribution in [2.75, 3.05) is 5.32 Å². The van der Waals surface area contributed by atoms with Gasteiger partial charge in [0.25, 0.3) is 0 Å². The molecule has 1 unspecified atom stereocenters. The molecule has 2 rings (SSSR count). The average molecular weight is 353 g/mol. The van der Waals surface area contributed by atoms with Crippen LogP contribution in [0.2, 0.25) is 5.02 Å². The van der Waals surface area contributed by atoms with Crippen molar-refractivity contribution >= 4 is 33.2 Å². The van der Waals surface area contributed by atoms with Crippen LogP contribution in [-0.4, -0.2) is 20.4 Å². The van der Waals surface area contributed by atoms with Gasteiger partial charge >= 0.3 is 0 Å². The molecule has 1 atom stereocenters. The Morgan fingerprint density at radius 1 is 1.13 bits per heavy atom. The van der Waals surface area contributed by atoms with Crippen molar-refractivity contribution in [2.24, 2.45) is 0 Å². The van der Waals surface area contributed by atoms with E-state index in [1.807, 2.05) is 6.92 Å². The first-order valence-corrected chi connectivity index (χ1v) is 8.80. The van der Waals surface area contributed by atoms with Crippen LogP contribution in [-0.2, 0) is 14.8 Å². The maximum atomic E-state index is 12.2. The molecular weight excluding hydrogens is 336 g/mol. The second kappa shape index (κ2) is 7.12. The van der Waals surface area contributed by atoms with Crippen molar-refractivity contribution in [1.29, 1.82) is 0 Å². The Morgan fingerprint density at radius 3 is 2.39 bits per heavy atom. The molecule has 5 nitrogen and oxygen atoms in total. The number of amides is 1. The summed E-state index contributed by atoms with van der Waals surface area (Å²) in [6, 6.07) is 12.1. The van der Waals surface area contributed by atoms with Crippen LogP contribution in [0.25, 0.3) is 0 Å². The molecule has 0 heterocycles. The quantitative estimate of drug-likeness (QED) is 0.868. The average Bonchev–Trinajstić information content (AvgIpc) is 2.50. The topological polar surface area (TPSA) is 75.3 Å². The van der Waals surface area contributed by atoms with Gasteiger partial charge in [0.15, 0.2) is 0 Å². The number of benzene rings is 2. The first kappa shape index (κ1) is 17.5. The number of rotatable bonds is 5. The molecule has 0 aliphatic heterocycles. The maximum Gasteiger partial charge on any atom is 0.242 e. The molecule has 2 aromatic rings. The number of hydrogen-bond donors (Lipinski definition) is 2. The van der Waals surface area contributed by atoms with E-state index in [4.69, 9.17) is 11.6 Å². The lowest BCUT2D eigenvalue weighted by molar-refractivity contribution is -0.117. The molecule has 7 heteroatoms. The van der Waals surface area contributed by atoms with E-state index in [-0.39, 0.29) is 4.90 Å². The summed E-state index contributed by atoms with van der Waals surface area (Å²) in [7, 11) is -3.76. The highest BCUT2D eigenvalue weighted by Gasteiger charge is 2.22. The van der Waals surface area contributed by atoms with Crippen molar-refractivity contribution < 1.29 is 13.2 Å². The molecule has 2 aromatic carbocycles. The van der Waals surface area contributed by atoms with Crippen LogP contribution in [0.5, 0.6) is 0 Å². The molecule has 0 spiro atoms. The lowest BCUT2D eigenvalue weighted by atomic mass is 10.2. The number of nitrogens with one attached hydrogen (secondary N) is 2. The van der Waals surface area contributed by atoms with Crippen molar-refractivity contribution in [3.05, 3.63) is 59.1 Å². The molecular formula is C16H17ClN2O3S. The zero-order chi connectivity index (χ0) is 17.0. The third-order valence-electron chi connectivity index (χ3n) is 3.16. The smallest absolute Gasteiger partial charge is 0.242 e. The highest BCUT2D eigenvalue weighted by atomic mass is 35.5. The van der Waals surface area contributed by atoms with E-state index in [0.717, 1.165) is 5.56 Å². The molecule has 0 aromatic heterocycles. The van der Waals surface area contributed by atoms with E-state index >= 15 is 0 Å². The van der Waals surface area contributed by atoms with Gasteiger partial charge in [-0.25, -0.2) is 8.42 Å². The first-order chi connectivity index (χ1) is 10.8. The Labute approximate surface area is 140 Å². The first-order valence-electron chi connectivity index (χ1n) is 6.94. The number of carbonyl (C=O) groups is 1. The van der Waals surface area contributed by atoms with Gasteiger partial charge in [-0.1, -0.05) is 35.9 Å². The van der Waals surface area contributed by atoms with E-state index < -0.39 is 22.0 Å². The van der Waals surface area contributed by atoms with E-state index in [1.165, 1.54) is 19.1 Å². The number of hydrogen-bond acceptors (Lipinski definition) is 3. The molecule has 0 radical (unpaired) electrons. The Hall–Kier alpha value is -1.89. The lowest BCUT2D eigenvalue weighted by Gasteiger charge is -2.15. The number of anilines is 1. The summed E-state index contributed by atoms with van der Waals surface area (Å²) >= 11 is 6.05. The molecule has 0 aliphatic rings. The van der Waals surface area contributed by atoms with Crippen LogP contribution in [0.1, 0.15) is 12.5 Å². The highest BCUT2D eigenvalue weighted by molar-refractivity contribution is 7.89. The minimum atomic E-state index is -3.76. The van der Waals surface area contributed by atoms with E-state index in [1.54, 1.807) is 36.4 Å². The van der Waals surface area contributed by atoms with Crippen molar-refractivity contribution in [1.82, 2.24) is 4.72 Å². The Bertz CT molecular complexity index is 807. The minimum Gasteiger partial charge on any atom is -0.323 e. The summed E-state index contributed by atoms with van der Waals surface area (Å²) in [4.78, 5) is 12.3. The summed E-state index contributed by atoms with van der Waals surface area (Å²) in [5, 5.41) is 3.01. The van der Waals surface area contributed by atoms with Gasteiger partial charge < -0.3 is 5.32 Å². The standard InChI is InChI=1S/C16H17ClN2O3S/c1-11-8-9-15(14(17)10-11)18-16(20)12(2)19-23(21,22)13-6-4-3-5-7-13/h3-10,12,19H,1-2H3,(H,18,20). The van der Waals surface area contributed by atoms with E-state index in [9.17, 15) is 13.2 Å². The second-order valence-electron chi connectivity index (χ2n) is 5.13. The Kier molecular flexibility index (Phi) is 5.41. The normalized spacial score (nSPS) is 12.7. The van der Waals surface area contributed by atoms with Crippen molar-refractivity contribution in [3.8, 4) is 0 Å².